The Labute approximate surface area is 154 Å². The molecule has 1 aliphatic carbocycles. The summed E-state index contributed by atoms with van der Waals surface area (Å²) in [5, 5.41) is 5.26. The highest BCUT2D eigenvalue weighted by Crippen LogP contribution is 2.37. The van der Waals surface area contributed by atoms with E-state index >= 15 is 0 Å². The molecule has 1 N–H and O–H groups in total. The van der Waals surface area contributed by atoms with Crippen LogP contribution >= 0.6 is 0 Å². The molecule has 0 aliphatic heterocycles. The minimum Gasteiger partial charge on any atom is -0.329 e. The number of nitrogens with one attached hydrogen (secondary N) is 1. The number of hydrogen-bond acceptors (Lipinski definition) is 4. The maximum Gasteiger partial charge on any atom is 0.160 e. The average molecular weight is 347 g/mol. The quantitative estimate of drug-likeness (QED) is 0.682. The van der Waals surface area contributed by atoms with E-state index in [0.717, 1.165) is 33.5 Å². The van der Waals surface area contributed by atoms with Crippen molar-refractivity contribution in [1.29, 1.82) is 0 Å². The molecule has 0 saturated heterocycles. The first-order valence-corrected chi connectivity index (χ1v) is 8.91. The fraction of sp³-hybridized carbons (Fsp3) is 0.333. The summed E-state index contributed by atoms with van der Waals surface area (Å²) in [7, 11) is 1.74. The minimum atomic E-state index is 0.604. The van der Waals surface area contributed by atoms with Crippen molar-refractivity contribution in [1.82, 2.24) is 15.0 Å². The summed E-state index contributed by atoms with van der Waals surface area (Å²) in [6, 6.07) is 3.87. The molecule has 5 heteroatoms. The van der Waals surface area contributed by atoms with Gasteiger partial charge in [-0.05, 0) is 57.2 Å². The Morgan fingerprint density at radius 2 is 2.12 bits per heavy atom. The van der Waals surface area contributed by atoms with Gasteiger partial charge in [-0.15, -0.1) is 0 Å². The number of amidine groups is 1. The van der Waals surface area contributed by atoms with E-state index in [2.05, 4.69) is 21.9 Å². The van der Waals surface area contributed by atoms with Crippen molar-refractivity contribution in [3.05, 3.63) is 47.2 Å². The van der Waals surface area contributed by atoms with E-state index < -0.39 is 0 Å². The van der Waals surface area contributed by atoms with E-state index in [-0.39, 0.29) is 0 Å². The zero-order valence-corrected chi connectivity index (χ0v) is 15.9. The second-order valence-electron chi connectivity index (χ2n) is 6.48. The van der Waals surface area contributed by atoms with Crippen LogP contribution in [0, 0.1) is 12.8 Å². The Balaban J connectivity index is 2.13. The molecule has 1 aliphatic rings. The number of aryl methyl sites for hydroxylation is 1. The maximum absolute atomic E-state index is 4.82. The number of rotatable bonds is 4. The lowest BCUT2D eigenvalue weighted by atomic mass is 10.1. The van der Waals surface area contributed by atoms with Gasteiger partial charge in [0.05, 0.1) is 11.2 Å². The number of anilines is 1. The Kier molecular flexibility index (Phi) is 5.26. The molecule has 0 unspecified atom stereocenters. The normalized spacial score (nSPS) is 16.5. The molecule has 0 amide bonds. The Morgan fingerprint density at radius 3 is 2.73 bits per heavy atom. The summed E-state index contributed by atoms with van der Waals surface area (Å²) in [6.45, 7) is 9.98. The summed E-state index contributed by atoms with van der Waals surface area (Å²) >= 11 is 0. The second kappa shape index (κ2) is 7.60. The van der Waals surface area contributed by atoms with E-state index in [4.69, 9.17) is 9.97 Å². The molecule has 0 bridgehead atoms. The second-order valence-corrected chi connectivity index (χ2v) is 6.48. The maximum atomic E-state index is 4.82. The molecular weight excluding hydrogens is 322 g/mol. The first-order valence-electron chi connectivity index (χ1n) is 8.91. The van der Waals surface area contributed by atoms with Gasteiger partial charge in [0.25, 0.3) is 0 Å². The Bertz CT molecular complexity index is 984. The molecule has 2 aromatic heterocycles. The zero-order valence-electron chi connectivity index (χ0n) is 15.9. The van der Waals surface area contributed by atoms with E-state index in [9.17, 15) is 0 Å². The van der Waals surface area contributed by atoms with Crippen LogP contribution in [0.3, 0.4) is 0 Å². The van der Waals surface area contributed by atoms with Crippen LogP contribution < -0.4 is 15.9 Å². The monoisotopic (exact) mass is 347 g/mol. The highest BCUT2D eigenvalue weighted by atomic mass is 15.0. The first kappa shape index (κ1) is 18.0. The number of aromatic nitrogens is 3. The van der Waals surface area contributed by atoms with Crippen LogP contribution in [-0.4, -0.2) is 27.8 Å². The van der Waals surface area contributed by atoms with Crippen molar-refractivity contribution in [3.8, 4) is 11.4 Å². The summed E-state index contributed by atoms with van der Waals surface area (Å²) in [6.07, 6.45) is 8.23. The van der Waals surface area contributed by atoms with Crippen LogP contribution in [-0.2, 0) is 0 Å². The topological polar surface area (TPSA) is 63.1 Å². The van der Waals surface area contributed by atoms with Gasteiger partial charge in [0.1, 0.15) is 5.82 Å². The van der Waals surface area contributed by atoms with Crippen molar-refractivity contribution in [2.75, 3.05) is 12.4 Å². The van der Waals surface area contributed by atoms with Gasteiger partial charge in [0, 0.05) is 29.7 Å². The number of allylic oxidation sites excluding steroid dienone is 1. The van der Waals surface area contributed by atoms with Crippen molar-refractivity contribution in [3.63, 3.8) is 0 Å². The third kappa shape index (κ3) is 3.72. The van der Waals surface area contributed by atoms with Gasteiger partial charge >= 0.3 is 0 Å². The first-order chi connectivity index (χ1) is 12.6. The molecule has 5 nitrogen and oxygen atoms in total. The van der Waals surface area contributed by atoms with Crippen LogP contribution in [0.1, 0.15) is 32.4 Å². The highest BCUT2D eigenvalue weighted by molar-refractivity contribution is 5.92. The molecule has 0 atom stereocenters. The van der Waals surface area contributed by atoms with Gasteiger partial charge in [0.15, 0.2) is 5.82 Å². The highest BCUT2D eigenvalue weighted by Gasteiger charge is 2.25. The predicted octanol–water partition coefficient (Wildman–Crippen LogP) is 2.85. The van der Waals surface area contributed by atoms with Crippen LogP contribution in [0.4, 0.5) is 5.82 Å². The Morgan fingerprint density at radius 1 is 1.35 bits per heavy atom. The lowest BCUT2D eigenvalue weighted by Crippen LogP contribution is -2.34. The smallest absolute Gasteiger partial charge is 0.160 e. The third-order valence-electron chi connectivity index (χ3n) is 4.58. The van der Waals surface area contributed by atoms with Crippen molar-refractivity contribution in [2.45, 2.75) is 33.6 Å². The van der Waals surface area contributed by atoms with Gasteiger partial charge in [-0.1, -0.05) is 18.7 Å². The number of aliphatic imine (C=N–C) groups is 1. The molecule has 0 spiro atoms. The van der Waals surface area contributed by atoms with Crippen molar-refractivity contribution < 1.29 is 0 Å². The molecular formula is C21H25N5. The van der Waals surface area contributed by atoms with Crippen LogP contribution in [0.15, 0.2) is 36.0 Å². The van der Waals surface area contributed by atoms with Crippen molar-refractivity contribution in [2.24, 2.45) is 10.9 Å². The molecule has 0 aromatic carbocycles. The number of hydrogen-bond donors (Lipinski definition) is 1. The lowest BCUT2D eigenvalue weighted by molar-refractivity contribution is 1.02. The molecule has 1 fully saturated rings. The lowest BCUT2D eigenvalue weighted by Gasteiger charge is -2.08. The number of nitrogens with zero attached hydrogens (tertiary/aromatic N) is 4. The van der Waals surface area contributed by atoms with Crippen LogP contribution in [0.5, 0.6) is 0 Å². The molecule has 0 radical (unpaired) electrons. The molecule has 26 heavy (non-hydrogen) atoms. The fourth-order valence-electron chi connectivity index (χ4n) is 3.04. The van der Waals surface area contributed by atoms with E-state index in [1.807, 2.05) is 45.1 Å². The zero-order chi connectivity index (χ0) is 18.7. The predicted molar refractivity (Wildman–Crippen MR) is 108 cm³/mol. The molecule has 2 aromatic rings. The summed E-state index contributed by atoms with van der Waals surface area (Å²) in [5.74, 6) is 2.84. The van der Waals surface area contributed by atoms with E-state index in [0.29, 0.717) is 11.7 Å². The molecule has 3 rings (SSSR count). The van der Waals surface area contributed by atoms with E-state index in [1.165, 1.54) is 18.4 Å². The van der Waals surface area contributed by atoms with Gasteiger partial charge in [0.2, 0.25) is 0 Å². The van der Waals surface area contributed by atoms with Gasteiger partial charge in [-0.3, -0.25) is 4.99 Å². The van der Waals surface area contributed by atoms with Gasteiger partial charge < -0.3 is 5.32 Å². The molecule has 134 valence electrons. The SMILES string of the molecule is C=C/C(=c1/c(C)nc(-c2ccnc(NC(C)=NC)c2)n/c1=C/C)C1CC1. The summed E-state index contributed by atoms with van der Waals surface area (Å²) in [4.78, 5) is 18.0. The van der Waals surface area contributed by atoms with Crippen molar-refractivity contribution >= 4 is 23.3 Å². The van der Waals surface area contributed by atoms with E-state index in [1.54, 1.807) is 13.2 Å². The van der Waals surface area contributed by atoms with Gasteiger partial charge in [-0.2, -0.15) is 0 Å². The standard InChI is InChI=1S/C21H25N5/c1-6-17(15-8-9-15)20-13(3)24-21(26-18(20)7-2)16-10-11-23-19(12-16)25-14(4)22-5/h6-7,10-12,15H,1,8-9H2,2-5H3,(H,22,23,25)/b18-7+,20-17+. The molecule has 1 saturated carbocycles. The van der Waals surface area contributed by atoms with Crippen LogP contribution in [0.2, 0.25) is 0 Å². The fourth-order valence-corrected chi connectivity index (χ4v) is 3.04. The Hall–Kier alpha value is -2.82. The third-order valence-corrected chi connectivity index (χ3v) is 4.58. The number of pyridine rings is 1. The largest absolute Gasteiger partial charge is 0.329 e. The van der Waals surface area contributed by atoms with Crippen LogP contribution in [0.25, 0.3) is 23.0 Å². The summed E-state index contributed by atoms with van der Waals surface area (Å²) < 4.78 is 0. The summed E-state index contributed by atoms with van der Waals surface area (Å²) in [5.41, 5.74) is 3.19. The molecule has 2 heterocycles. The minimum absolute atomic E-state index is 0.604. The van der Waals surface area contributed by atoms with Gasteiger partial charge in [-0.25, -0.2) is 15.0 Å². The average Bonchev–Trinajstić information content (AvgIpc) is 3.48.